The summed E-state index contributed by atoms with van der Waals surface area (Å²) in [4.78, 5) is 26.1. The minimum absolute atomic E-state index is 0.0142. The third-order valence-corrected chi connectivity index (χ3v) is 5.96. The van der Waals surface area contributed by atoms with Crippen molar-refractivity contribution in [3.63, 3.8) is 0 Å². The summed E-state index contributed by atoms with van der Waals surface area (Å²) in [5.41, 5.74) is 1.66. The molecule has 0 amide bonds. The van der Waals surface area contributed by atoms with Crippen molar-refractivity contribution >= 4 is 11.8 Å². The molecule has 0 saturated carbocycles. The molecule has 1 N–H and O–H groups in total. The molecule has 4 heteroatoms. The molecule has 3 aromatic rings. The Morgan fingerprint density at radius 2 is 1.31 bits per heavy atom. The molecule has 1 aliphatic rings. The van der Waals surface area contributed by atoms with Crippen LogP contribution in [0.15, 0.2) is 102 Å². The van der Waals surface area contributed by atoms with Gasteiger partial charge in [0.15, 0.2) is 5.78 Å². The van der Waals surface area contributed by atoms with Gasteiger partial charge in [-0.3, -0.25) is 4.79 Å². The number of esters is 1. The number of ketones is 1. The van der Waals surface area contributed by atoms with Crippen molar-refractivity contribution in [3.05, 3.63) is 119 Å². The molecule has 32 heavy (non-hydrogen) atoms. The van der Waals surface area contributed by atoms with Crippen molar-refractivity contribution < 1.29 is 19.4 Å². The molecule has 1 atom stereocenters. The Morgan fingerprint density at radius 1 is 0.781 bits per heavy atom. The number of benzene rings is 3. The first-order chi connectivity index (χ1) is 15.6. The van der Waals surface area contributed by atoms with Crippen LogP contribution in [0.3, 0.4) is 0 Å². The molecular formula is C28H26O4. The minimum atomic E-state index is -1.05. The van der Waals surface area contributed by atoms with E-state index in [1.165, 1.54) is 0 Å². The number of carbonyl (C=O) groups is 2. The number of ether oxygens (including phenoxy) is 1. The second kappa shape index (κ2) is 9.65. The van der Waals surface area contributed by atoms with E-state index in [-0.39, 0.29) is 30.0 Å². The molecular weight excluding hydrogens is 400 g/mol. The van der Waals surface area contributed by atoms with Gasteiger partial charge in [-0.2, -0.15) is 0 Å². The third kappa shape index (κ3) is 4.80. The van der Waals surface area contributed by atoms with Crippen molar-refractivity contribution in [1.82, 2.24) is 0 Å². The Labute approximate surface area is 188 Å². The lowest BCUT2D eigenvalue weighted by Crippen LogP contribution is -2.42. The van der Waals surface area contributed by atoms with Gasteiger partial charge in [-0.05, 0) is 36.0 Å². The predicted octanol–water partition coefficient (Wildman–Crippen LogP) is 5.48. The number of rotatable bonds is 7. The van der Waals surface area contributed by atoms with Crippen LogP contribution in [-0.2, 0) is 32.8 Å². The maximum absolute atomic E-state index is 13.1. The van der Waals surface area contributed by atoms with Gasteiger partial charge >= 0.3 is 5.97 Å². The molecule has 1 fully saturated rings. The maximum Gasteiger partial charge on any atom is 0.346 e. The van der Waals surface area contributed by atoms with E-state index in [9.17, 15) is 14.7 Å². The molecule has 3 aromatic carbocycles. The smallest absolute Gasteiger partial charge is 0.346 e. The molecule has 0 aromatic heterocycles. The molecule has 1 heterocycles. The summed E-state index contributed by atoms with van der Waals surface area (Å²) in [6.45, 7) is 0. The van der Waals surface area contributed by atoms with E-state index < -0.39 is 11.6 Å². The van der Waals surface area contributed by atoms with E-state index in [0.29, 0.717) is 19.3 Å². The minimum Gasteiger partial charge on any atom is -0.511 e. The van der Waals surface area contributed by atoms with Crippen LogP contribution in [-0.4, -0.2) is 16.9 Å². The average molecular weight is 427 g/mol. The van der Waals surface area contributed by atoms with E-state index in [0.717, 1.165) is 16.7 Å². The Balaban J connectivity index is 1.57. The lowest BCUT2D eigenvalue weighted by Gasteiger charge is -2.37. The highest BCUT2D eigenvalue weighted by molar-refractivity contribution is 6.19. The van der Waals surface area contributed by atoms with Crippen molar-refractivity contribution in [2.24, 2.45) is 0 Å². The summed E-state index contributed by atoms with van der Waals surface area (Å²) in [6.07, 6.45) is 1.91. The quantitative estimate of drug-likeness (QED) is 0.235. The van der Waals surface area contributed by atoms with Gasteiger partial charge in [-0.1, -0.05) is 91.0 Å². The fraction of sp³-hybridized carbons (Fsp3) is 0.214. The molecule has 0 aliphatic carbocycles. The van der Waals surface area contributed by atoms with Crippen molar-refractivity contribution in [1.29, 1.82) is 0 Å². The summed E-state index contributed by atoms with van der Waals surface area (Å²) in [5, 5.41) is 10.6. The molecule has 0 bridgehead atoms. The first kappa shape index (κ1) is 21.6. The maximum atomic E-state index is 13.1. The van der Waals surface area contributed by atoms with E-state index in [1.807, 2.05) is 91.0 Å². The van der Waals surface area contributed by atoms with Crippen LogP contribution in [0, 0.1) is 0 Å². The molecule has 1 saturated heterocycles. The standard InChI is InChI=1S/C28H26O4/c29-24(17-16-21-10-4-1-5-11-21)26-25(30)20-28(32-27(26)31,23-14-8-3-9-15-23)19-18-22-12-6-2-7-13-22/h1-15,29H,16-20H2. The lowest BCUT2D eigenvalue weighted by atomic mass is 9.79. The van der Waals surface area contributed by atoms with Crippen molar-refractivity contribution in [3.8, 4) is 0 Å². The normalized spacial score (nSPS) is 20.0. The highest BCUT2D eigenvalue weighted by Crippen LogP contribution is 2.40. The number of carbonyl (C=O) groups excluding carboxylic acids is 2. The van der Waals surface area contributed by atoms with Gasteiger partial charge in [-0.25, -0.2) is 4.79 Å². The molecule has 0 radical (unpaired) electrons. The second-order valence-electron chi connectivity index (χ2n) is 8.14. The van der Waals surface area contributed by atoms with E-state index in [4.69, 9.17) is 4.74 Å². The molecule has 4 rings (SSSR count). The van der Waals surface area contributed by atoms with Gasteiger partial charge in [0.1, 0.15) is 16.9 Å². The monoisotopic (exact) mass is 426 g/mol. The van der Waals surface area contributed by atoms with Gasteiger partial charge in [-0.15, -0.1) is 0 Å². The van der Waals surface area contributed by atoms with Gasteiger partial charge in [0.25, 0.3) is 0 Å². The Hall–Kier alpha value is -3.66. The fourth-order valence-electron chi connectivity index (χ4n) is 4.21. The second-order valence-corrected chi connectivity index (χ2v) is 8.14. The van der Waals surface area contributed by atoms with E-state index in [1.54, 1.807) is 0 Å². The summed E-state index contributed by atoms with van der Waals surface area (Å²) < 4.78 is 5.96. The molecule has 1 unspecified atom stereocenters. The van der Waals surface area contributed by atoms with Gasteiger partial charge < -0.3 is 9.84 Å². The fourth-order valence-corrected chi connectivity index (χ4v) is 4.21. The van der Waals surface area contributed by atoms with E-state index in [2.05, 4.69) is 0 Å². The zero-order chi connectivity index (χ0) is 22.4. The number of aryl methyl sites for hydroxylation is 2. The molecule has 162 valence electrons. The summed E-state index contributed by atoms with van der Waals surface area (Å²) in [7, 11) is 0. The van der Waals surface area contributed by atoms with Crippen LogP contribution in [0.2, 0.25) is 0 Å². The van der Waals surface area contributed by atoms with E-state index >= 15 is 0 Å². The molecule has 0 spiro atoms. The first-order valence-electron chi connectivity index (χ1n) is 10.9. The predicted molar refractivity (Wildman–Crippen MR) is 123 cm³/mol. The number of allylic oxidation sites excluding steroid dienone is 1. The van der Waals surface area contributed by atoms with Crippen LogP contribution < -0.4 is 0 Å². The van der Waals surface area contributed by atoms with Crippen LogP contribution in [0.1, 0.15) is 36.0 Å². The van der Waals surface area contributed by atoms with Crippen LogP contribution in [0.5, 0.6) is 0 Å². The average Bonchev–Trinajstić information content (AvgIpc) is 2.83. The van der Waals surface area contributed by atoms with Gasteiger partial charge in [0.05, 0.1) is 6.42 Å². The highest BCUT2D eigenvalue weighted by Gasteiger charge is 2.46. The number of aliphatic hydroxyl groups is 1. The summed E-state index contributed by atoms with van der Waals surface area (Å²) in [5.74, 6) is -1.32. The molecule has 4 nitrogen and oxygen atoms in total. The summed E-state index contributed by atoms with van der Waals surface area (Å²) >= 11 is 0. The summed E-state index contributed by atoms with van der Waals surface area (Å²) in [6, 6.07) is 29.0. The van der Waals surface area contributed by atoms with Crippen molar-refractivity contribution in [2.75, 3.05) is 0 Å². The zero-order valence-electron chi connectivity index (χ0n) is 17.9. The topological polar surface area (TPSA) is 63.6 Å². The van der Waals surface area contributed by atoms with Crippen molar-refractivity contribution in [2.45, 2.75) is 37.7 Å². The largest absolute Gasteiger partial charge is 0.511 e. The number of aliphatic hydroxyl groups excluding tert-OH is 1. The number of Topliss-reactive ketones (excluding diaryl/α,β-unsaturated/α-hetero) is 1. The lowest BCUT2D eigenvalue weighted by molar-refractivity contribution is -0.166. The zero-order valence-corrected chi connectivity index (χ0v) is 17.9. The number of hydrogen-bond donors (Lipinski definition) is 1. The molecule has 1 aliphatic heterocycles. The number of hydrogen-bond acceptors (Lipinski definition) is 4. The Kier molecular flexibility index (Phi) is 6.50. The van der Waals surface area contributed by atoms with Gasteiger partial charge in [0, 0.05) is 6.42 Å². The number of cyclic esters (lactones) is 1. The SMILES string of the molecule is O=C1CC(CCc2ccccc2)(c2ccccc2)OC(=O)C1=C(O)CCc1ccccc1. The Bertz CT molecular complexity index is 1080. The first-order valence-corrected chi connectivity index (χ1v) is 10.9. The van der Waals surface area contributed by atoms with Gasteiger partial charge in [0.2, 0.25) is 0 Å². The Morgan fingerprint density at radius 3 is 1.88 bits per heavy atom. The van der Waals surface area contributed by atoms with Crippen LogP contribution in [0.4, 0.5) is 0 Å². The van der Waals surface area contributed by atoms with Crippen LogP contribution in [0.25, 0.3) is 0 Å². The third-order valence-electron chi connectivity index (χ3n) is 5.96. The highest BCUT2D eigenvalue weighted by atomic mass is 16.6. The van der Waals surface area contributed by atoms with Crippen LogP contribution >= 0.6 is 0 Å².